The molecule has 0 aliphatic carbocycles. The predicted octanol–water partition coefficient (Wildman–Crippen LogP) is 1.07. The molecule has 1 aliphatic rings. The zero-order valence-corrected chi connectivity index (χ0v) is 14.4. The van der Waals surface area contributed by atoms with Gasteiger partial charge in [0.05, 0.1) is 6.54 Å². The van der Waals surface area contributed by atoms with Crippen molar-refractivity contribution in [1.82, 2.24) is 25.5 Å². The van der Waals surface area contributed by atoms with Gasteiger partial charge in [0.15, 0.2) is 5.82 Å². The Morgan fingerprint density at radius 3 is 3.04 bits per heavy atom. The second-order valence-electron chi connectivity index (χ2n) is 6.10. The summed E-state index contributed by atoms with van der Waals surface area (Å²) < 4.78 is 12.5. The second-order valence-corrected chi connectivity index (χ2v) is 6.10. The van der Waals surface area contributed by atoms with Crippen LogP contribution in [0.3, 0.4) is 0 Å². The summed E-state index contributed by atoms with van der Waals surface area (Å²) in [4.78, 5) is 12.1. The van der Waals surface area contributed by atoms with Crippen LogP contribution in [0.15, 0.2) is 24.3 Å². The van der Waals surface area contributed by atoms with Crippen LogP contribution in [0.2, 0.25) is 0 Å². The van der Waals surface area contributed by atoms with Gasteiger partial charge < -0.3 is 14.8 Å². The summed E-state index contributed by atoms with van der Waals surface area (Å²) in [5, 5.41) is 14.6. The van der Waals surface area contributed by atoms with Gasteiger partial charge in [-0.05, 0) is 47.9 Å². The number of aryl methyl sites for hydroxylation is 1. The summed E-state index contributed by atoms with van der Waals surface area (Å²) in [6, 6.07) is 7.81. The maximum atomic E-state index is 12.1. The van der Waals surface area contributed by atoms with Crippen LogP contribution < -0.4 is 10.1 Å². The molecule has 8 heteroatoms. The van der Waals surface area contributed by atoms with Gasteiger partial charge in [-0.25, -0.2) is 4.68 Å². The number of benzene rings is 1. The average molecular weight is 345 g/mol. The third kappa shape index (κ3) is 4.99. The minimum atomic E-state index is -0.131. The number of hydrogen-bond acceptors (Lipinski definition) is 6. The first-order valence-corrected chi connectivity index (χ1v) is 8.52. The number of aromatic nitrogens is 4. The van der Waals surface area contributed by atoms with Crippen LogP contribution in [0.25, 0.3) is 0 Å². The second kappa shape index (κ2) is 8.57. The van der Waals surface area contributed by atoms with Gasteiger partial charge in [-0.3, -0.25) is 4.79 Å². The maximum absolute atomic E-state index is 12.1. The molecule has 1 fully saturated rings. The van der Waals surface area contributed by atoms with Crippen molar-refractivity contribution in [3.05, 3.63) is 35.7 Å². The van der Waals surface area contributed by atoms with Gasteiger partial charge in [-0.2, -0.15) is 0 Å². The Balaban J connectivity index is 1.43. The van der Waals surface area contributed by atoms with Crippen LogP contribution in [-0.2, 0) is 16.1 Å². The van der Waals surface area contributed by atoms with E-state index in [9.17, 15) is 4.79 Å². The first-order valence-electron chi connectivity index (χ1n) is 8.52. The van der Waals surface area contributed by atoms with Crippen LogP contribution >= 0.6 is 0 Å². The number of amides is 1. The van der Waals surface area contributed by atoms with E-state index in [2.05, 4.69) is 20.8 Å². The fourth-order valence-corrected chi connectivity index (χ4v) is 2.83. The highest BCUT2D eigenvalue weighted by Gasteiger charge is 2.22. The molecule has 1 aromatic heterocycles. The first kappa shape index (κ1) is 17.3. The molecule has 0 spiro atoms. The van der Waals surface area contributed by atoms with Gasteiger partial charge in [0.2, 0.25) is 5.91 Å². The van der Waals surface area contributed by atoms with Gasteiger partial charge in [-0.15, -0.1) is 5.10 Å². The normalized spacial score (nSPS) is 15.1. The minimum absolute atomic E-state index is 0.115. The smallest absolute Gasteiger partial charge is 0.242 e. The fourth-order valence-electron chi connectivity index (χ4n) is 2.83. The molecule has 3 rings (SSSR count). The lowest BCUT2D eigenvalue weighted by atomic mass is 10.00. The van der Waals surface area contributed by atoms with E-state index in [4.69, 9.17) is 9.47 Å². The topological polar surface area (TPSA) is 91.2 Å². The number of carbonyl (C=O) groups is 1. The van der Waals surface area contributed by atoms with Crippen molar-refractivity contribution in [2.75, 3.05) is 26.4 Å². The molecule has 1 saturated heterocycles. The lowest BCUT2D eigenvalue weighted by Crippen LogP contribution is -2.32. The van der Waals surface area contributed by atoms with Crippen molar-refractivity contribution in [3.63, 3.8) is 0 Å². The van der Waals surface area contributed by atoms with E-state index in [0.717, 1.165) is 30.0 Å². The van der Waals surface area contributed by atoms with Crippen LogP contribution in [0.1, 0.15) is 30.1 Å². The van der Waals surface area contributed by atoms with Crippen molar-refractivity contribution in [3.8, 4) is 5.75 Å². The Labute approximate surface area is 146 Å². The van der Waals surface area contributed by atoms with E-state index >= 15 is 0 Å². The Morgan fingerprint density at radius 1 is 1.40 bits per heavy atom. The highest BCUT2D eigenvalue weighted by Crippen LogP contribution is 2.24. The van der Waals surface area contributed by atoms with Crippen LogP contribution in [0.4, 0.5) is 0 Å². The summed E-state index contributed by atoms with van der Waals surface area (Å²) in [5.74, 6) is 1.68. The van der Waals surface area contributed by atoms with Gasteiger partial charge >= 0.3 is 0 Å². The molecule has 8 nitrogen and oxygen atoms in total. The first-order chi connectivity index (χ1) is 12.2. The van der Waals surface area contributed by atoms with E-state index in [-0.39, 0.29) is 18.4 Å². The van der Waals surface area contributed by atoms with E-state index in [1.54, 1.807) is 4.68 Å². The summed E-state index contributed by atoms with van der Waals surface area (Å²) in [6.07, 6.45) is 1.76. The van der Waals surface area contributed by atoms with E-state index in [1.165, 1.54) is 0 Å². The van der Waals surface area contributed by atoms with Crippen molar-refractivity contribution in [1.29, 1.82) is 0 Å². The highest BCUT2D eigenvalue weighted by molar-refractivity contribution is 5.75. The Morgan fingerprint density at radius 2 is 2.24 bits per heavy atom. The monoisotopic (exact) mass is 345 g/mol. The molecule has 0 radical (unpaired) electrons. The molecule has 1 aromatic carbocycles. The molecule has 134 valence electrons. The molecule has 0 bridgehead atoms. The molecule has 2 heterocycles. The highest BCUT2D eigenvalue weighted by atomic mass is 16.5. The summed E-state index contributed by atoms with van der Waals surface area (Å²) >= 11 is 0. The summed E-state index contributed by atoms with van der Waals surface area (Å²) in [7, 11) is 0. The van der Waals surface area contributed by atoms with Gasteiger partial charge in [0.25, 0.3) is 0 Å². The number of hydrogen-bond donors (Lipinski definition) is 1. The van der Waals surface area contributed by atoms with Crippen molar-refractivity contribution < 1.29 is 14.3 Å². The molecule has 0 unspecified atom stereocenters. The third-order valence-corrected chi connectivity index (χ3v) is 4.12. The molecule has 1 N–H and O–H groups in total. The largest absolute Gasteiger partial charge is 0.492 e. The summed E-state index contributed by atoms with van der Waals surface area (Å²) in [6.45, 7) is 4.39. The van der Waals surface area contributed by atoms with Gasteiger partial charge in [0, 0.05) is 19.1 Å². The fraction of sp³-hybridized carbons (Fsp3) is 0.529. The van der Waals surface area contributed by atoms with Crippen molar-refractivity contribution in [2.24, 2.45) is 0 Å². The quantitative estimate of drug-likeness (QED) is 0.755. The third-order valence-electron chi connectivity index (χ3n) is 4.12. The van der Waals surface area contributed by atoms with Crippen LogP contribution in [0, 0.1) is 6.92 Å². The molecule has 1 amide bonds. The number of nitrogens with one attached hydrogen (secondary N) is 1. The number of ether oxygens (including phenoxy) is 2. The SMILES string of the molecule is Cc1cccc(OCCNC(=O)Cn2nnnc2C2CCOCC2)c1. The molecule has 2 aromatic rings. The van der Waals surface area contributed by atoms with Crippen LogP contribution in [0.5, 0.6) is 5.75 Å². The van der Waals surface area contributed by atoms with Crippen LogP contribution in [-0.4, -0.2) is 52.5 Å². The molecule has 0 saturated carbocycles. The number of nitrogens with zero attached hydrogens (tertiary/aromatic N) is 4. The van der Waals surface area contributed by atoms with Crippen molar-refractivity contribution >= 4 is 5.91 Å². The standard InChI is InChI=1S/C17H23N5O3/c1-13-3-2-4-15(11-13)25-10-7-18-16(23)12-22-17(19-20-21-22)14-5-8-24-9-6-14/h2-4,11,14H,5-10,12H2,1H3,(H,18,23). The zero-order valence-electron chi connectivity index (χ0n) is 14.4. The number of carbonyl (C=O) groups excluding carboxylic acids is 1. The van der Waals surface area contributed by atoms with E-state index < -0.39 is 0 Å². The molecule has 0 atom stereocenters. The molecular weight excluding hydrogens is 322 g/mol. The Kier molecular flexibility index (Phi) is 5.95. The van der Waals surface area contributed by atoms with Gasteiger partial charge in [-0.1, -0.05) is 12.1 Å². The summed E-state index contributed by atoms with van der Waals surface area (Å²) in [5.41, 5.74) is 1.14. The molecule has 25 heavy (non-hydrogen) atoms. The maximum Gasteiger partial charge on any atom is 0.242 e. The van der Waals surface area contributed by atoms with E-state index in [1.807, 2.05) is 31.2 Å². The van der Waals surface area contributed by atoms with E-state index in [0.29, 0.717) is 26.4 Å². The Hall–Kier alpha value is -2.48. The predicted molar refractivity (Wildman–Crippen MR) is 90.3 cm³/mol. The lowest BCUT2D eigenvalue weighted by Gasteiger charge is -2.20. The zero-order chi connectivity index (χ0) is 17.5. The van der Waals surface area contributed by atoms with Gasteiger partial charge in [0.1, 0.15) is 18.9 Å². The average Bonchev–Trinajstić information content (AvgIpc) is 3.08. The number of tetrazole rings is 1. The lowest BCUT2D eigenvalue weighted by molar-refractivity contribution is -0.122. The van der Waals surface area contributed by atoms with Crippen molar-refractivity contribution in [2.45, 2.75) is 32.2 Å². The Bertz CT molecular complexity index is 697. The minimum Gasteiger partial charge on any atom is -0.492 e. The number of rotatable bonds is 7. The molecule has 1 aliphatic heterocycles. The molecular formula is C17H23N5O3.